The average Bonchev–Trinajstić information content (AvgIpc) is 1.35. The molecule has 3 N–H and O–H groups in total. The monoisotopic (exact) mass is 238 g/mol. The van der Waals surface area contributed by atoms with Gasteiger partial charge in [-0.2, -0.15) is 0 Å². The molecular formula is H5O5SSb. The van der Waals surface area contributed by atoms with E-state index in [1.54, 1.807) is 0 Å². The van der Waals surface area contributed by atoms with Crippen molar-refractivity contribution in [2.24, 2.45) is 0 Å². The normalized spacial score (nSPS) is 10.0. The second kappa shape index (κ2) is 3.63. The predicted octanol–water partition coefficient (Wildman–Crippen LogP) is -2.47. The first-order chi connectivity index (χ1) is 2.56. The molecule has 0 bridgehead atoms. The van der Waals surface area contributed by atoms with Crippen molar-refractivity contribution in [3.05, 3.63) is 0 Å². The van der Waals surface area contributed by atoms with Gasteiger partial charge in [-0.05, 0) is 0 Å². The van der Waals surface area contributed by atoms with Crippen LogP contribution in [-0.2, 0) is 12.9 Å². The van der Waals surface area contributed by atoms with Crippen LogP contribution in [0.1, 0.15) is 0 Å². The van der Waals surface area contributed by atoms with Gasteiger partial charge in [0.05, 0.1) is 0 Å². The minimum atomic E-state index is -4.10. The van der Waals surface area contributed by atoms with Crippen molar-refractivity contribution in [3.63, 3.8) is 0 Å². The maximum absolute atomic E-state index is 9.37. The van der Waals surface area contributed by atoms with Gasteiger partial charge in [0, 0.05) is 0 Å². The van der Waals surface area contributed by atoms with Crippen LogP contribution in [0.15, 0.2) is 0 Å². The first kappa shape index (κ1) is 10.6. The minimum absolute atomic E-state index is 0. The summed E-state index contributed by atoms with van der Waals surface area (Å²) in [5.74, 6) is 0. The fraction of sp³-hybridized carbons (Fsp3) is 0. The average molecular weight is 239 g/mol. The van der Waals surface area contributed by atoms with E-state index in [2.05, 4.69) is 2.46 Å². The topological polar surface area (TPSA) is 95.1 Å². The fourth-order valence-corrected chi connectivity index (χ4v) is 0. The maximum atomic E-state index is 9.37. The summed E-state index contributed by atoms with van der Waals surface area (Å²) in [6.45, 7) is 0. The van der Waals surface area contributed by atoms with Gasteiger partial charge in [-0.3, -0.25) is 0 Å². The van der Waals surface area contributed by atoms with E-state index in [0.717, 1.165) is 0 Å². The Hall–Kier alpha value is 0.648. The molecule has 0 aliphatic heterocycles. The Morgan fingerprint density at radius 2 is 1.71 bits per heavy atom. The van der Waals surface area contributed by atoms with E-state index in [1.165, 1.54) is 0 Å². The molecule has 0 radical (unpaired) electrons. The van der Waals surface area contributed by atoms with Crippen molar-refractivity contribution >= 4 is 33.8 Å². The van der Waals surface area contributed by atoms with Gasteiger partial charge in [-0.1, -0.05) is 0 Å². The van der Waals surface area contributed by atoms with E-state index in [4.69, 9.17) is 4.55 Å². The van der Waals surface area contributed by atoms with Gasteiger partial charge in [0.25, 0.3) is 0 Å². The van der Waals surface area contributed by atoms with Crippen molar-refractivity contribution in [3.8, 4) is 0 Å². The first-order valence-electron chi connectivity index (χ1n) is 0.918. The Morgan fingerprint density at radius 1 is 1.57 bits per heavy atom. The molecular weight excluding hydrogens is 234 g/mol. The number of rotatable bonds is 1. The summed E-state index contributed by atoms with van der Waals surface area (Å²) in [5, 5.41) is 0. The van der Waals surface area contributed by atoms with Crippen molar-refractivity contribution in [2.75, 3.05) is 0 Å². The fourth-order valence-electron chi connectivity index (χ4n) is 0. The van der Waals surface area contributed by atoms with E-state index in [0.29, 0.717) is 0 Å². The van der Waals surface area contributed by atoms with E-state index in [9.17, 15) is 8.42 Å². The SMILES string of the molecule is O.O=S(=O)(O)[O][SbH2]. The molecule has 0 fully saturated rings. The van der Waals surface area contributed by atoms with Crippen LogP contribution < -0.4 is 0 Å². The van der Waals surface area contributed by atoms with Gasteiger partial charge in [-0.25, -0.2) is 0 Å². The van der Waals surface area contributed by atoms with Crippen LogP contribution in [0.4, 0.5) is 0 Å². The molecule has 0 saturated heterocycles. The van der Waals surface area contributed by atoms with E-state index < -0.39 is 10.4 Å². The van der Waals surface area contributed by atoms with Crippen molar-refractivity contribution in [1.82, 2.24) is 0 Å². The molecule has 0 saturated carbocycles. The summed E-state index contributed by atoms with van der Waals surface area (Å²) in [6.07, 6.45) is 0. The molecule has 0 atom stereocenters. The summed E-state index contributed by atoms with van der Waals surface area (Å²) >= 11 is 0.0651. The molecule has 0 heterocycles. The molecule has 0 amide bonds. The second-order valence-electron chi connectivity index (χ2n) is 0.524. The van der Waals surface area contributed by atoms with E-state index in [-0.39, 0.29) is 28.9 Å². The summed E-state index contributed by atoms with van der Waals surface area (Å²) < 4.78 is 29.9. The number of hydrogen-bond donors (Lipinski definition) is 1. The second-order valence-corrected chi connectivity index (χ2v) is 3.22. The quantitative estimate of drug-likeness (QED) is 0.405. The molecule has 7 heavy (non-hydrogen) atoms. The van der Waals surface area contributed by atoms with E-state index in [1.807, 2.05) is 0 Å². The molecule has 0 spiro atoms. The molecule has 0 aliphatic rings. The first-order valence-corrected chi connectivity index (χ1v) is 3.63. The van der Waals surface area contributed by atoms with Gasteiger partial charge in [0.1, 0.15) is 0 Å². The van der Waals surface area contributed by atoms with Gasteiger partial charge in [0.2, 0.25) is 0 Å². The summed E-state index contributed by atoms with van der Waals surface area (Å²) in [7, 11) is -4.10. The zero-order valence-electron chi connectivity index (χ0n) is 3.16. The summed E-state index contributed by atoms with van der Waals surface area (Å²) in [6, 6.07) is 0. The third-order valence-electron chi connectivity index (χ3n) is 0.122. The Kier molecular flexibility index (Phi) is 5.49. The van der Waals surface area contributed by atoms with Crippen LogP contribution >= 0.6 is 0 Å². The van der Waals surface area contributed by atoms with Crippen LogP contribution in [0.2, 0.25) is 0 Å². The zero-order valence-corrected chi connectivity index (χ0v) is 7.27. The Labute approximate surface area is 55.0 Å². The third kappa shape index (κ3) is 10.8. The third-order valence-corrected chi connectivity index (χ3v) is 2.45. The van der Waals surface area contributed by atoms with E-state index >= 15 is 0 Å². The van der Waals surface area contributed by atoms with Gasteiger partial charge in [0.15, 0.2) is 0 Å². The molecule has 7 heteroatoms. The van der Waals surface area contributed by atoms with Crippen LogP contribution in [0.5, 0.6) is 0 Å². The Bertz CT molecular complexity index is 110. The van der Waals surface area contributed by atoms with Crippen molar-refractivity contribution < 1.29 is 20.9 Å². The molecule has 0 aromatic carbocycles. The zero-order chi connectivity index (χ0) is 5.21. The molecule has 0 aromatic rings. The van der Waals surface area contributed by atoms with Crippen LogP contribution in [0.25, 0.3) is 0 Å². The molecule has 46 valence electrons. The van der Waals surface area contributed by atoms with Crippen molar-refractivity contribution in [2.45, 2.75) is 0 Å². The Balaban J connectivity index is 0. The molecule has 0 unspecified atom stereocenters. The van der Waals surface area contributed by atoms with Gasteiger partial charge < -0.3 is 5.48 Å². The predicted molar refractivity (Wildman–Crippen MR) is 24.8 cm³/mol. The number of hydrogen-bond acceptors (Lipinski definition) is 3. The van der Waals surface area contributed by atoms with Crippen LogP contribution in [-0.4, -0.2) is 41.9 Å². The Morgan fingerprint density at radius 3 is 1.71 bits per heavy atom. The molecule has 5 nitrogen and oxygen atoms in total. The van der Waals surface area contributed by atoms with Crippen LogP contribution in [0, 0.1) is 0 Å². The summed E-state index contributed by atoms with van der Waals surface area (Å²) in [4.78, 5) is 0. The van der Waals surface area contributed by atoms with Gasteiger partial charge >= 0.3 is 49.3 Å². The molecule has 0 aliphatic carbocycles. The standard InChI is InChI=1S/H2O4S.H2O.Sb.2H/c1-5(2,3)4;;;;/h(H2,1,2,3,4);1H2;;;/q;;+1;;/p-1. The summed E-state index contributed by atoms with van der Waals surface area (Å²) in [5.41, 5.74) is 0. The van der Waals surface area contributed by atoms with Crippen LogP contribution in [0.3, 0.4) is 0 Å². The van der Waals surface area contributed by atoms with Gasteiger partial charge in [-0.15, -0.1) is 0 Å². The molecule has 0 rings (SSSR count). The van der Waals surface area contributed by atoms with Crippen molar-refractivity contribution in [1.29, 1.82) is 0 Å². The molecule has 0 aromatic heterocycles.